The van der Waals surface area contributed by atoms with Crippen molar-refractivity contribution in [2.24, 2.45) is 11.8 Å². The zero-order valence-corrected chi connectivity index (χ0v) is 12.7. The van der Waals surface area contributed by atoms with Crippen molar-refractivity contribution < 1.29 is 9.53 Å². The number of esters is 1. The molecule has 3 heteroatoms. The monoisotopic (exact) mass is 267 g/mol. The number of carbonyl (C=O) groups is 1. The summed E-state index contributed by atoms with van der Waals surface area (Å²) in [6.45, 7) is 6.88. The summed E-state index contributed by atoms with van der Waals surface area (Å²) in [5, 5.41) is 3.72. The highest BCUT2D eigenvalue weighted by Crippen LogP contribution is 2.40. The average molecular weight is 267 g/mol. The number of ether oxygens (including phenoxy) is 1. The number of nitrogens with one attached hydrogen (secondary N) is 1. The van der Waals surface area contributed by atoms with E-state index in [1.807, 2.05) is 6.92 Å². The van der Waals surface area contributed by atoms with Crippen LogP contribution in [0.2, 0.25) is 0 Å². The SMILES string of the molecule is CCOC(=O)C1(NC2CCCC2)CCCC(C)C1C. The van der Waals surface area contributed by atoms with Crippen molar-refractivity contribution in [2.75, 3.05) is 6.61 Å². The Morgan fingerprint density at radius 1 is 1.21 bits per heavy atom. The molecule has 0 radical (unpaired) electrons. The van der Waals surface area contributed by atoms with E-state index in [1.165, 1.54) is 32.1 Å². The van der Waals surface area contributed by atoms with Gasteiger partial charge < -0.3 is 4.74 Å². The fourth-order valence-electron chi connectivity index (χ4n) is 3.91. The summed E-state index contributed by atoms with van der Waals surface area (Å²) in [4.78, 5) is 12.6. The third-order valence-corrected chi connectivity index (χ3v) is 5.32. The Labute approximate surface area is 117 Å². The zero-order chi connectivity index (χ0) is 13.9. The molecule has 0 aromatic heterocycles. The topological polar surface area (TPSA) is 38.3 Å². The Morgan fingerprint density at radius 2 is 1.89 bits per heavy atom. The van der Waals surface area contributed by atoms with Gasteiger partial charge in [0.1, 0.15) is 5.54 Å². The van der Waals surface area contributed by atoms with Crippen LogP contribution in [0.4, 0.5) is 0 Å². The van der Waals surface area contributed by atoms with E-state index in [4.69, 9.17) is 4.74 Å². The smallest absolute Gasteiger partial charge is 0.326 e. The van der Waals surface area contributed by atoms with Crippen molar-refractivity contribution in [1.82, 2.24) is 5.32 Å². The van der Waals surface area contributed by atoms with Crippen LogP contribution in [0.25, 0.3) is 0 Å². The molecule has 0 amide bonds. The quantitative estimate of drug-likeness (QED) is 0.794. The fraction of sp³-hybridized carbons (Fsp3) is 0.938. The number of hydrogen-bond acceptors (Lipinski definition) is 3. The van der Waals surface area contributed by atoms with Crippen LogP contribution >= 0.6 is 0 Å². The molecule has 0 saturated heterocycles. The van der Waals surface area contributed by atoms with Gasteiger partial charge in [-0.3, -0.25) is 10.1 Å². The van der Waals surface area contributed by atoms with Gasteiger partial charge in [0.15, 0.2) is 0 Å². The molecule has 0 spiro atoms. The minimum absolute atomic E-state index is 0.0130. The molecular weight excluding hydrogens is 238 g/mol. The first-order valence-electron chi connectivity index (χ1n) is 8.05. The molecule has 0 aliphatic heterocycles. The first-order valence-corrected chi connectivity index (χ1v) is 8.05. The first kappa shape index (κ1) is 14.8. The first-order chi connectivity index (χ1) is 9.10. The third kappa shape index (κ3) is 2.96. The zero-order valence-electron chi connectivity index (χ0n) is 12.7. The second kappa shape index (κ2) is 6.25. The lowest BCUT2D eigenvalue weighted by molar-refractivity contribution is -0.157. The van der Waals surface area contributed by atoms with Crippen molar-refractivity contribution in [3.8, 4) is 0 Å². The van der Waals surface area contributed by atoms with Gasteiger partial charge in [-0.05, 0) is 38.0 Å². The Kier molecular flexibility index (Phi) is 4.88. The van der Waals surface area contributed by atoms with E-state index in [2.05, 4.69) is 19.2 Å². The van der Waals surface area contributed by atoms with E-state index < -0.39 is 5.54 Å². The predicted octanol–water partition coefficient (Wildman–Crippen LogP) is 3.28. The molecule has 3 unspecified atom stereocenters. The van der Waals surface area contributed by atoms with Gasteiger partial charge in [0.25, 0.3) is 0 Å². The lowest BCUT2D eigenvalue weighted by Gasteiger charge is -2.45. The fourth-order valence-corrected chi connectivity index (χ4v) is 3.91. The van der Waals surface area contributed by atoms with E-state index >= 15 is 0 Å². The van der Waals surface area contributed by atoms with Crippen LogP contribution < -0.4 is 5.32 Å². The molecule has 0 aromatic rings. The maximum absolute atomic E-state index is 12.6. The summed E-state index contributed by atoms with van der Waals surface area (Å²) < 4.78 is 5.41. The van der Waals surface area contributed by atoms with Crippen molar-refractivity contribution in [1.29, 1.82) is 0 Å². The molecule has 0 bridgehead atoms. The van der Waals surface area contributed by atoms with E-state index in [1.54, 1.807) is 0 Å². The Bertz CT molecular complexity index is 312. The molecule has 19 heavy (non-hydrogen) atoms. The molecule has 3 nitrogen and oxygen atoms in total. The number of hydrogen-bond donors (Lipinski definition) is 1. The highest BCUT2D eigenvalue weighted by atomic mass is 16.5. The molecule has 0 aromatic carbocycles. The summed E-state index contributed by atoms with van der Waals surface area (Å²) in [6.07, 6.45) is 8.30. The normalized spacial score (nSPS) is 36.4. The number of carbonyl (C=O) groups excluding carboxylic acids is 1. The van der Waals surface area contributed by atoms with Crippen LogP contribution in [0.5, 0.6) is 0 Å². The molecule has 0 heterocycles. The largest absolute Gasteiger partial charge is 0.465 e. The third-order valence-electron chi connectivity index (χ3n) is 5.32. The maximum atomic E-state index is 12.6. The highest BCUT2D eigenvalue weighted by Gasteiger charge is 2.49. The van der Waals surface area contributed by atoms with Gasteiger partial charge in [-0.25, -0.2) is 0 Å². The van der Waals surface area contributed by atoms with Crippen molar-refractivity contribution in [3.63, 3.8) is 0 Å². The summed E-state index contributed by atoms with van der Waals surface area (Å²) in [5.41, 5.74) is -0.428. The van der Waals surface area contributed by atoms with Crippen LogP contribution in [-0.2, 0) is 9.53 Å². The van der Waals surface area contributed by atoms with E-state index in [0.29, 0.717) is 24.5 Å². The van der Waals surface area contributed by atoms with E-state index in [-0.39, 0.29) is 5.97 Å². The van der Waals surface area contributed by atoms with Crippen LogP contribution in [0.1, 0.15) is 65.7 Å². The van der Waals surface area contributed by atoms with Crippen molar-refractivity contribution >= 4 is 5.97 Å². The average Bonchev–Trinajstić information content (AvgIpc) is 2.88. The molecule has 110 valence electrons. The van der Waals surface area contributed by atoms with E-state index in [9.17, 15) is 4.79 Å². The van der Waals surface area contributed by atoms with Gasteiger partial charge in [-0.15, -0.1) is 0 Å². The standard InChI is InChI=1S/C16H29NO2/c1-4-19-15(18)16(17-14-9-5-6-10-14)11-7-8-12(2)13(16)3/h12-14,17H,4-11H2,1-3H3. The summed E-state index contributed by atoms with van der Waals surface area (Å²) >= 11 is 0. The van der Waals surface area contributed by atoms with Crippen LogP contribution in [0.15, 0.2) is 0 Å². The predicted molar refractivity (Wildman–Crippen MR) is 76.9 cm³/mol. The summed E-state index contributed by atoms with van der Waals surface area (Å²) in [7, 11) is 0. The van der Waals surface area contributed by atoms with Gasteiger partial charge >= 0.3 is 5.97 Å². The van der Waals surface area contributed by atoms with Gasteiger partial charge in [-0.1, -0.05) is 39.5 Å². The van der Waals surface area contributed by atoms with Gasteiger partial charge in [-0.2, -0.15) is 0 Å². The lowest BCUT2D eigenvalue weighted by Crippen LogP contribution is -2.62. The van der Waals surface area contributed by atoms with Gasteiger partial charge in [0.05, 0.1) is 6.61 Å². The van der Waals surface area contributed by atoms with Gasteiger partial charge in [0, 0.05) is 6.04 Å². The van der Waals surface area contributed by atoms with E-state index in [0.717, 1.165) is 12.8 Å². The second-order valence-electron chi connectivity index (χ2n) is 6.48. The Balaban J connectivity index is 2.17. The minimum atomic E-state index is -0.428. The molecule has 2 saturated carbocycles. The molecule has 2 aliphatic carbocycles. The van der Waals surface area contributed by atoms with Crippen LogP contribution in [0, 0.1) is 11.8 Å². The molecule has 2 aliphatic rings. The molecule has 1 N–H and O–H groups in total. The number of rotatable bonds is 4. The minimum Gasteiger partial charge on any atom is -0.465 e. The molecule has 2 fully saturated rings. The summed E-state index contributed by atoms with van der Waals surface area (Å²) in [5.74, 6) is 0.939. The van der Waals surface area contributed by atoms with Crippen molar-refractivity contribution in [3.05, 3.63) is 0 Å². The van der Waals surface area contributed by atoms with Crippen LogP contribution in [-0.4, -0.2) is 24.2 Å². The molecule has 2 rings (SSSR count). The highest BCUT2D eigenvalue weighted by molar-refractivity contribution is 5.81. The maximum Gasteiger partial charge on any atom is 0.326 e. The molecular formula is C16H29NO2. The van der Waals surface area contributed by atoms with Crippen LogP contribution in [0.3, 0.4) is 0 Å². The lowest BCUT2D eigenvalue weighted by atomic mass is 9.68. The summed E-state index contributed by atoms with van der Waals surface area (Å²) in [6, 6.07) is 0.511. The molecule has 3 atom stereocenters. The Hall–Kier alpha value is -0.570. The Morgan fingerprint density at radius 3 is 2.53 bits per heavy atom. The van der Waals surface area contributed by atoms with Crippen molar-refractivity contribution in [2.45, 2.75) is 77.3 Å². The second-order valence-corrected chi connectivity index (χ2v) is 6.48. The van der Waals surface area contributed by atoms with Gasteiger partial charge in [0.2, 0.25) is 0 Å².